The number of benzene rings is 1. The van der Waals surface area contributed by atoms with E-state index in [0.29, 0.717) is 13.0 Å². The number of halogens is 3. The molecule has 11 nitrogen and oxygen atoms in total. The summed E-state index contributed by atoms with van der Waals surface area (Å²) in [6.07, 6.45) is 22.8. The summed E-state index contributed by atoms with van der Waals surface area (Å²) in [5, 5.41) is 2.80. The van der Waals surface area contributed by atoms with Gasteiger partial charge < -0.3 is 43.2 Å². The van der Waals surface area contributed by atoms with Gasteiger partial charge in [-0.05, 0) is 24.8 Å². The Morgan fingerprint density at radius 3 is 1.86 bits per heavy atom. The zero-order chi connectivity index (χ0) is 45.8. The van der Waals surface area contributed by atoms with Crippen molar-refractivity contribution in [2.24, 2.45) is 0 Å². The average Bonchev–Trinajstić information content (AvgIpc) is 3.27. The minimum atomic E-state index is -1.83. The van der Waals surface area contributed by atoms with Gasteiger partial charge >= 0.3 is 12.2 Å². The molecular formula is C49H80Cl3NO10. The van der Waals surface area contributed by atoms with Crippen LogP contribution in [0, 0.1) is 0 Å². The lowest BCUT2D eigenvalue weighted by molar-refractivity contribution is -0.281. The standard InChI is InChI=1S/C49H80Cl3NO10/c1-5-9-11-13-15-17-19-21-23-28-35-56-41(31-27-22-20-18-16-14-12-10-6-2)32-36-58-45-43(53-47(54)62-39-49(50,51)52)46(59-34-8-4)63-42(44(45)57-33-7-3)38-61-48(55)60-37-40-29-25-24-26-30-40/h7-8,24-26,29-30,41-46H,3-6,9-23,27-28,31-39H2,1-2H3,(H,53,54)/t41-,42+,43-,44+,45+,46-/m0/s1. The van der Waals surface area contributed by atoms with Crippen LogP contribution in [0.3, 0.4) is 0 Å². The van der Waals surface area contributed by atoms with Gasteiger partial charge in [-0.2, -0.15) is 0 Å². The van der Waals surface area contributed by atoms with Crippen molar-refractivity contribution < 1.29 is 47.5 Å². The number of alkyl carbamates (subject to hydrolysis) is 1. The lowest BCUT2D eigenvalue weighted by Crippen LogP contribution is -2.66. The molecule has 0 aromatic heterocycles. The Hall–Kier alpha value is -2.09. The Morgan fingerprint density at radius 1 is 0.698 bits per heavy atom. The molecule has 1 aliphatic heterocycles. The van der Waals surface area contributed by atoms with E-state index in [2.05, 4.69) is 32.3 Å². The molecule has 0 aliphatic carbocycles. The molecule has 1 aliphatic rings. The lowest BCUT2D eigenvalue weighted by Gasteiger charge is -2.45. The quantitative estimate of drug-likeness (QED) is 0.0297. The van der Waals surface area contributed by atoms with Gasteiger partial charge in [-0.3, -0.25) is 0 Å². The smallest absolute Gasteiger partial charge is 0.445 e. The predicted molar refractivity (Wildman–Crippen MR) is 254 cm³/mol. The second-order valence-corrected chi connectivity index (χ2v) is 18.9. The third kappa shape index (κ3) is 28.5. The van der Waals surface area contributed by atoms with Crippen molar-refractivity contribution >= 4 is 47.1 Å². The molecule has 1 fully saturated rings. The number of hydrogen-bond acceptors (Lipinski definition) is 10. The predicted octanol–water partition coefficient (Wildman–Crippen LogP) is 13.3. The molecule has 1 aromatic carbocycles. The number of carbonyl (C=O) groups is 2. The molecule has 0 spiro atoms. The molecule has 0 radical (unpaired) electrons. The van der Waals surface area contributed by atoms with Gasteiger partial charge in [0.2, 0.25) is 3.79 Å². The monoisotopic (exact) mass is 947 g/mol. The first-order chi connectivity index (χ1) is 30.6. The Balaban J connectivity index is 2.20. The van der Waals surface area contributed by atoms with Gasteiger partial charge in [0.1, 0.15) is 44.2 Å². The molecule has 1 amide bonds. The van der Waals surface area contributed by atoms with Crippen LogP contribution in [0.5, 0.6) is 0 Å². The highest BCUT2D eigenvalue weighted by Crippen LogP contribution is 2.30. The highest BCUT2D eigenvalue weighted by atomic mass is 35.6. The van der Waals surface area contributed by atoms with Crippen molar-refractivity contribution in [1.29, 1.82) is 0 Å². The Bertz CT molecular complexity index is 1310. The number of nitrogens with one attached hydrogen (secondary N) is 1. The van der Waals surface area contributed by atoms with Crippen molar-refractivity contribution in [2.75, 3.05) is 39.6 Å². The highest BCUT2D eigenvalue weighted by molar-refractivity contribution is 6.67. The zero-order valence-electron chi connectivity index (χ0n) is 38.4. The third-order valence-electron chi connectivity index (χ3n) is 10.9. The summed E-state index contributed by atoms with van der Waals surface area (Å²) in [4.78, 5) is 26.0. The van der Waals surface area contributed by atoms with Crippen LogP contribution in [0.1, 0.15) is 154 Å². The van der Waals surface area contributed by atoms with Gasteiger partial charge in [-0.25, -0.2) is 9.59 Å². The Labute approximate surface area is 394 Å². The molecule has 1 saturated heterocycles. The number of amides is 1. The minimum absolute atomic E-state index is 0.0208. The summed E-state index contributed by atoms with van der Waals surface area (Å²) >= 11 is 17.7. The van der Waals surface area contributed by atoms with E-state index in [4.69, 9.17) is 72.7 Å². The van der Waals surface area contributed by atoms with Gasteiger partial charge in [0.05, 0.1) is 19.3 Å². The molecule has 1 N–H and O–H groups in total. The molecule has 6 atom stereocenters. The fourth-order valence-corrected chi connectivity index (χ4v) is 7.64. The van der Waals surface area contributed by atoms with Gasteiger partial charge in [0, 0.05) is 13.2 Å². The van der Waals surface area contributed by atoms with Crippen LogP contribution < -0.4 is 5.32 Å². The molecule has 0 saturated carbocycles. The van der Waals surface area contributed by atoms with Crippen LogP contribution in [0.2, 0.25) is 0 Å². The second kappa shape index (κ2) is 37.1. The van der Waals surface area contributed by atoms with Crippen molar-refractivity contribution in [3.05, 3.63) is 61.2 Å². The zero-order valence-corrected chi connectivity index (χ0v) is 40.7. The Kier molecular flexibility index (Phi) is 33.5. The maximum Gasteiger partial charge on any atom is 0.508 e. The summed E-state index contributed by atoms with van der Waals surface area (Å²) in [5.41, 5.74) is 0.807. The third-order valence-corrected chi connectivity index (χ3v) is 11.2. The van der Waals surface area contributed by atoms with Crippen molar-refractivity contribution in [3.63, 3.8) is 0 Å². The lowest BCUT2D eigenvalue weighted by atomic mass is 9.96. The molecule has 0 unspecified atom stereocenters. The fourth-order valence-electron chi connectivity index (χ4n) is 7.48. The van der Waals surface area contributed by atoms with E-state index in [1.54, 1.807) is 12.2 Å². The van der Waals surface area contributed by atoms with Gasteiger partial charge in [0.15, 0.2) is 6.29 Å². The van der Waals surface area contributed by atoms with Gasteiger partial charge in [-0.1, -0.05) is 207 Å². The van der Waals surface area contributed by atoms with Crippen LogP contribution in [0.25, 0.3) is 0 Å². The summed E-state index contributed by atoms with van der Waals surface area (Å²) in [6.45, 7) is 12.5. The van der Waals surface area contributed by atoms with Crippen LogP contribution in [0.15, 0.2) is 55.6 Å². The van der Waals surface area contributed by atoms with E-state index in [1.807, 2.05) is 30.3 Å². The van der Waals surface area contributed by atoms with Crippen molar-refractivity contribution in [1.82, 2.24) is 5.32 Å². The van der Waals surface area contributed by atoms with Crippen molar-refractivity contribution in [3.8, 4) is 0 Å². The van der Waals surface area contributed by atoms with Crippen LogP contribution in [0.4, 0.5) is 9.59 Å². The normalized spacial score (nSPS) is 19.3. The van der Waals surface area contributed by atoms with E-state index in [0.717, 1.165) is 37.7 Å². The van der Waals surface area contributed by atoms with Gasteiger partial charge in [0.25, 0.3) is 0 Å². The topological polar surface area (TPSA) is 120 Å². The average molecular weight is 950 g/mol. The van der Waals surface area contributed by atoms with E-state index in [-0.39, 0.29) is 39.1 Å². The molecule has 2 rings (SSSR count). The molecular weight excluding hydrogens is 869 g/mol. The molecule has 0 bridgehead atoms. The van der Waals surface area contributed by atoms with Crippen LogP contribution in [-0.4, -0.2) is 92.4 Å². The largest absolute Gasteiger partial charge is 0.508 e. The minimum Gasteiger partial charge on any atom is -0.445 e. The maximum absolute atomic E-state index is 13.2. The first-order valence-electron chi connectivity index (χ1n) is 23.8. The fraction of sp³-hybridized carbons (Fsp3) is 0.755. The number of rotatable bonds is 38. The summed E-state index contributed by atoms with van der Waals surface area (Å²) in [5.74, 6) is 0. The number of hydrogen-bond donors (Lipinski definition) is 1. The molecule has 362 valence electrons. The van der Waals surface area contributed by atoms with E-state index < -0.39 is 53.3 Å². The van der Waals surface area contributed by atoms with E-state index >= 15 is 0 Å². The van der Waals surface area contributed by atoms with Crippen molar-refractivity contribution in [2.45, 2.75) is 196 Å². The summed E-state index contributed by atoms with van der Waals surface area (Å²) in [7, 11) is 0. The highest BCUT2D eigenvalue weighted by Gasteiger charge is 2.49. The second-order valence-electron chi connectivity index (χ2n) is 16.4. The van der Waals surface area contributed by atoms with E-state index in [1.165, 1.54) is 96.3 Å². The molecule has 1 aromatic rings. The molecule has 1 heterocycles. The SMILES string of the molecule is C=CCO[C@H]1O[C@H](COC(=O)OCc2ccccc2)[C@@H](OCC=C)[C@H](OCC[C@H](CCCCCCCCCCC)OCCCCCCCCCCCC)[C@@H]1NC(=O)OCC(Cl)(Cl)Cl. The molecule has 14 heteroatoms. The first kappa shape index (κ1) is 57.0. The molecule has 63 heavy (non-hydrogen) atoms. The van der Waals surface area contributed by atoms with Crippen LogP contribution in [-0.2, 0) is 44.5 Å². The summed E-state index contributed by atoms with van der Waals surface area (Å²) in [6, 6.07) is 8.29. The maximum atomic E-state index is 13.2. The number of carbonyl (C=O) groups excluding carboxylic acids is 2. The number of unbranched alkanes of at least 4 members (excludes halogenated alkanes) is 17. The van der Waals surface area contributed by atoms with E-state index in [9.17, 15) is 9.59 Å². The summed E-state index contributed by atoms with van der Waals surface area (Å²) < 4.78 is 46.2. The van der Waals surface area contributed by atoms with Crippen LogP contribution >= 0.6 is 34.8 Å². The Morgan fingerprint density at radius 2 is 1.27 bits per heavy atom. The van der Waals surface area contributed by atoms with Gasteiger partial charge in [-0.15, -0.1) is 13.2 Å². The number of alkyl halides is 3. The number of ether oxygens (including phenoxy) is 8. The first-order valence-corrected chi connectivity index (χ1v) is 24.9.